The monoisotopic (exact) mass is 193 g/mol. The molecule has 0 saturated heterocycles. The van der Waals surface area contributed by atoms with Crippen LogP contribution in [0.2, 0.25) is 0 Å². The molecular weight excluding hydrogens is 178 g/mol. The van der Waals surface area contributed by atoms with Crippen LogP contribution in [-0.2, 0) is 6.54 Å². The normalized spacial score (nSPS) is 16.3. The highest BCUT2D eigenvalue weighted by atomic mass is 16.2. The minimum atomic E-state index is -0.122. The molecule has 14 heavy (non-hydrogen) atoms. The Bertz CT molecular complexity index is 387. The molecule has 0 aromatic carbocycles. The van der Waals surface area contributed by atoms with Crippen LogP contribution in [-0.4, -0.2) is 26.0 Å². The maximum atomic E-state index is 12.0. The highest BCUT2D eigenvalue weighted by Crippen LogP contribution is 2.25. The van der Waals surface area contributed by atoms with E-state index in [2.05, 4.69) is 4.98 Å². The van der Waals surface area contributed by atoms with Crippen molar-refractivity contribution in [2.75, 3.05) is 0 Å². The van der Waals surface area contributed by atoms with Gasteiger partial charge in [-0.05, 0) is 27.7 Å². The fraction of sp³-hybridized carbons (Fsp3) is 0.600. The van der Waals surface area contributed by atoms with E-state index in [-0.39, 0.29) is 11.6 Å². The first-order valence-corrected chi connectivity index (χ1v) is 4.76. The maximum Gasteiger partial charge on any atom is 0.330 e. The van der Waals surface area contributed by atoms with E-state index in [0.717, 1.165) is 11.5 Å². The van der Waals surface area contributed by atoms with Crippen molar-refractivity contribution in [1.82, 2.24) is 14.5 Å². The zero-order valence-electron chi connectivity index (χ0n) is 9.03. The molecular formula is C10H15N3O. The third-order valence-electron chi connectivity index (χ3n) is 2.56. The number of carbonyl (C=O) groups is 1. The molecule has 1 aliphatic heterocycles. The Kier molecular flexibility index (Phi) is 1.71. The van der Waals surface area contributed by atoms with Gasteiger partial charge in [0.05, 0.1) is 18.4 Å². The molecule has 0 atom stereocenters. The average Bonchev–Trinajstić information content (AvgIpc) is 2.53. The van der Waals surface area contributed by atoms with Gasteiger partial charge in [-0.2, -0.15) is 0 Å². The van der Waals surface area contributed by atoms with Crippen molar-refractivity contribution in [2.24, 2.45) is 0 Å². The minimum absolute atomic E-state index is 0.0440. The van der Waals surface area contributed by atoms with Crippen LogP contribution in [0.3, 0.4) is 0 Å². The second-order valence-electron chi connectivity index (χ2n) is 4.67. The van der Waals surface area contributed by atoms with Gasteiger partial charge in [0.15, 0.2) is 0 Å². The molecule has 0 unspecified atom stereocenters. The van der Waals surface area contributed by atoms with Crippen LogP contribution in [0.25, 0.3) is 0 Å². The largest absolute Gasteiger partial charge is 0.330 e. The summed E-state index contributed by atoms with van der Waals surface area (Å²) in [5.74, 6) is 0.775. The van der Waals surface area contributed by atoms with Crippen LogP contribution >= 0.6 is 0 Å². The number of nitrogens with zero attached hydrogens (tertiary/aromatic N) is 3. The summed E-state index contributed by atoms with van der Waals surface area (Å²) in [6, 6.07) is 0.0440. The topological polar surface area (TPSA) is 38.1 Å². The summed E-state index contributed by atoms with van der Waals surface area (Å²) in [6.45, 7) is 8.65. The van der Waals surface area contributed by atoms with E-state index in [1.807, 2.05) is 32.6 Å². The van der Waals surface area contributed by atoms with Gasteiger partial charge in [0.25, 0.3) is 0 Å². The molecule has 1 aliphatic rings. The molecule has 0 bridgehead atoms. The summed E-state index contributed by atoms with van der Waals surface area (Å²) in [6.07, 6.45) is 1.78. The lowest BCUT2D eigenvalue weighted by Gasteiger charge is -2.30. The first-order valence-electron chi connectivity index (χ1n) is 4.76. The number of fused-ring (bicyclic) bond motifs is 1. The molecule has 0 radical (unpaired) electrons. The van der Waals surface area contributed by atoms with Crippen molar-refractivity contribution in [1.29, 1.82) is 0 Å². The molecule has 0 N–H and O–H groups in total. The average molecular weight is 193 g/mol. The number of aromatic nitrogens is 2. The van der Waals surface area contributed by atoms with E-state index in [4.69, 9.17) is 0 Å². The summed E-state index contributed by atoms with van der Waals surface area (Å²) in [7, 11) is 0. The summed E-state index contributed by atoms with van der Waals surface area (Å²) in [4.78, 5) is 18.0. The van der Waals surface area contributed by atoms with Gasteiger partial charge in [-0.25, -0.2) is 9.78 Å². The Morgan fingerprint density at radius 1 is 1.43 bits per heavy atom. The molecule has 2 rings (SSSR count). The molecule has 0 fully saturated rings. The first-order chi connectivity index (χ1) is 6.41. The van der Waals surface area contributed by atoms with E-state index in [1.165, 1.54) is 0 Å². The number of aryl methyl sites for hydroxylation is 1. The molecule has 76 valence electrons. The van der Waals surface area contributed by atoms with Crippen molar-refractivity contribution in [2.45, 2.75) is 39.8 Å². The SMILES string of the molecule is Cc1ncc2n1C(=O)N(C(C)(C)C)C2. The molecule has 4 heteroatoms. The van der Waals surface area contributed by atoms with Gasteiger partial charge < -0.3 is 4.90 Å². The lowest BCUT2D eigenvalue weighted by Crippen LogP contribution is -2.42. The molecule has 1 amide bonds. The Morgan fingerprint density at radius 2 is 2.07 bits per heavy atom. The van der Waals surface area contributed by atoms with Crippen LogP contribution < -0.4 is 0 Å². The third kappa shape index (κ3) is 1.14. The minimum Gasteiger partial charge on any atom is -0.313 e. The van der Waals surface area contributed by atoms with Gasteiger partial charge in [-0.15, -0.1) is 0 Å². The molecule has 0 spiro atoms. The first kappa shape index (κ1) is 9.24. The van der Waals surface area contributed by atoms with Crippen molar-refractivity contribution in [3.8, 4) is 0 Å². The Hall–Kier alpha value is -1.32. The number of hydrogen-bond acceptors (Lipinski definition) is 2. The van der Waals surface area contributed by atoms with E-state index in [9.17, 15) is 4.79 Å². The predicted molar refractivity (Wildman–Crippen MR) is 53.1 cm³/mol. The lowest BCUT2D eigenvalue weighted by molar-refractivity contribution is 0.156. The molecule has 2 heterocycles. The summed E-state index contributed by atoms with van der Waals surface area (Å²) < 4.78 is 1.69. The second kappa shape index (κ2) is 2.59. The molecule has 1 aromatic heterocycles. The van der Waals surface area contributed by atoms with Crippen LogP contribution in [0.15, 0.2) is 6.20 Å². The zero-order chi connectivity index (χ0) is 10.5. The van der Waals surface area contributed by atoms with Gasteiger partial charge in [-0.3, -0.25) is 4.57 Å². The van der Waals surface area contributed by atoms with Crippen molar-refractivity contribution >= 4 is 6.03 Å². The summed E-state index contributed by atoms with van der Waals surface area (Å²) in [5.41, 5.74) is 0.866. The van der Waals surface area contributed by atoms with Gasteiger partial charge in [0.2, 0.25) is 0 Å². The van der Waals surface area contributed by atoms with Crippen molar-refractivity contribution in [3.05, 3.63) is 17.7 Å². The lowest BCUT2D eigenvalue weighted by atomic mass is 10.1. The molecule has 0 saturated carbocycles. The highest BCUT2D eigenvalue weighted by molar-refractivity contribution is 5.81. The van der Waals surface area contributed by atoms with E-state index in [1.54, 1.807) is 10.8 Å². The quantitative estimate of drug-likeness (QED) is 0.629. The standard InChI is InChI=1S/C10H15N3O/c1-7-11-5-8-6-12(10(2,3)4)9(14)13(7)8/h5H,6H2,1-4H3. The third-order valence-corrected chi connectivity index (χ3v) is 2.56. The number of carbonyl (C=O) groups excluding carboxylic acids is 1. The van der Waals surface area contributed by atoms with Crippen LogP contribution in [0.5, 0.6) is 0 Å². The van der Waals surface area contributed by atoms with E-state index >= 15 is 0 Å². The van der Waals surface area contributed by atoms with E-state index in [0.29, 0.717) is 6.54 Å². The molecule has 0 aliphatic carbocycles. The van der Waals surface area contributed by atoms with Crippen LogP contribution in [0, 0.1) is 6.92 Å². The van der Waals surface area contributed by atoms with Crippen molar-refractivity contribution in [3.63, 3.8) is 0 Å². The summed E-state index contributed by atoms with van der Waals surface area (Å²) >= 11 is 0. The Balaban J connectivity index is 2.41. The number of rotatable bonds is 0. The van der Waals surface area contributed by atoms with Gasteiger partial charge in [0, 0.05) is 5.54 Å². The Labute approximate surface area is 83.5 Å². The number of imidazole rings is 1. The van der Waals surface area contributed by atoms with E-state index < -0.39 is 0 Å². The second-order valence-corrected chi connectivity index (χ2v) is 4.67. The van der Waals surface area contributed by atoms with Crippen LogP contribution in [0.4, 0.5) is 4.79 Å². The smallest absolute Gasteiger partial charge is 0.313 e. The molecule has 1 aromatic rings. The fourth-order valence-corrected chi connectivity index (χ4v) is 1.74. The maximum absolute atomic E-state index is 12.0. The zero-order valence-corrected chi connectivity index (χ0v) is 9.03. The van der Waals surface area contributed by atoms with Crippen LogP contribution in [0.1, 0.15) is 32.3 Å². The van der Waals surface area contributed by atoms with Crippen molar-refractivity contribution < 1.29 is 4.79 Å². The fourth-order valence-electron chi connectivity index (χ4n) is 1.74. The highest BCUT2D eigenvalue weighted by Gasteiger charge is 2.35. The predicted octanol–water partition coefficient (Wildman–Crippen LogP) is 1.77. The van der Waals surface area contributed by atoms with Gasteiger partial charge >= 0.3 is 6.03 Å². The van der Waals surface area contributed by atoms with Gasteiger partial charge in [0.1, 0.15) is 5.82 Å². The Morgan fingerprint density at radius 3 is 2.57 bits per heavy atom. The van der Waals surface area contributed by atoms with Gasteiger partial charge in [-0.1, -0.05) is 0 Å². The summed E-state index contributed by atoms with van der Waals surface area (Å²) in [5, 5.41) is 0. The number of amides is 1. The molecule has 4 nitrogen and oxygen atoms in total. The number of hydrogen-bond donors (Lipinski definition) is 0.